The number of nitrogens with two attached hydrogens (primary N) is 2. The molecular formula is C4H16N2O4W. The van der Waals surface area contributed by atoms with E-state index in [2.05, 4.69) is 0 Å². The Morgan fingerprint density at radius 3 is 0.909 bits per heavy atom. The molecule has 7 heteroatoms. The zero-order valence-corrected chi connectivity index (χ0v) is 10.1. The van der Waals surface area contributed by atoms with E-state index in [-0.39, 0.29) is 0 Å². The first-order chi connectivity index (χ1) is 4.83. The predicted octanol–water partition coefficient (Wildman–Crippen LogP) is -5.00. The van der Waals surface area contributed by atoms with Crippen molar-refractivity contribution in [2.24, 2.45) is 0 Å². The van der Waals surface area contributed by atoms with Crippen LogP contribution in [0.3, 0.4) is 0 Å². The van der Waals surface area contributed by atoms with E-state index in [9.17, 15) is 0 Å². The van der Waals surface area contributed by atoms with Crippen LogP contribution < -0.4 is 18.2 Å². The van der Waals surface area contributed by atoms with E-state index in [1.54, 1.807) is 0 Å². The van der Waals surface area contributed by atoms with Crippen molar-refractivity contribution in [3.8, 4) is 0 Å². The summed E-state index contributed by atoms with van der Waals surface area (Å²) in [6.45, 7) is 0. The van der Waals surface area contributed by atoms with Crippen LogP contribution in [-0.2, 0) is 23.5 Å². The molecular weight excluding hydrogens is 324 g/mol. The van der Waals surface area contributed by atoms with Crippen LogP contribution in [0, 0.1) is 0 Å². The van der Waals surface area contributed by atoms with Crippen molar-refractivity contribution in [2.45, 2.75) is 0 Å². The number of hydrogen-bond acceptors (Lipinski definition) is 4. The molecule has 0 aliphatic rings. The fraction of sp³-hybridized carbons (Fsp3) is 1.00. The molecule has 0 aromatic carbocycles. The molecule has 0 heterocycles. The average Bonchev–Trinajstić information content (AvgIpc) is 1.62. The van der Waals surface area contributed by atoms with Crippen LogP contribution >= 0.6 is 0 Å². The van der Waals surface area contributed by atoms with E-state index in [1.807, 2.05) is 38.8 Å². The third kappa shape index (κ3) is 40600. The Labute approximate surface area is 70.3 Å². The molecule has 0 rings (SSSR count). The Morgan fingerprint density at radius 1 is 0.909 bits per heavy atom. The van der Waals surface area contributed by atoms with Crippen molar-refractivity contribution in [3.63, 3.8) is 0 Å². The first kappa shape index (κ1) is 17.3. The van der Waals surface area contributed by atoms with Crippen LogP contribution in [0.15, 0.2) is 0 Å². The van der Waals surface area contributed by atoms with Gasteiger partial charge in [-0.3, -0.25) is 0 Å². The Morgan fingerprint density at radius 2 is 0.909 bits per heavy atom. The van der Waals surface area contributed by atoms with Crippen molar-refractivity contribution < 1.29 is 41.7 Å². The van der Waals surface area contributed by atoms with Gasteiger partial charge in [0.05, 0.1) is 28.2 Å². The van der Waals surface area contributed by atoms with E-state index in [4.69, 9.17) is 14.3 Å². The summed E-state index contributed by atoms with van der Waals surface area (Å²) in [5.74, 6) is 0. The van der Waals surface area contributed by atoms with Gasteiger partial charge in [0, 0.05) is 0 Å². The van der Waals surface area contributed by atoms with Gasteiger partial charge in [0.1, 0.15) is 0 Å². The molecule has 0 aromatic rings. The summed E-state index contributed by atoms with van der Waals surface area (Å²) < 4.78 is 34.6. The van der Waals surface area contributed by atoms with Gasteiger partial charge in [-0.2, -0.15) is 0 Å². The molecule has 0 aliphatic carbocycles. The number of quaternary nitrogens is 2. The van der Waals surface area contributed by atoms with Crippen LogP contribution in [0.4, 0.5) is 0 Å². The summed E-state index contributed by atoms with van der Waals surface area (Å²) in [7, 11) is 8.00. The number of hydrogen-bond donors (Lipinski definition) is 2. The molecule has 0 bridgehead atoms. The predicted molar refractivity (Wildman–Crippen MR) is 28.9 cm³/mol. The third-order valence-corrected chi connectivity index (χ3v) is 0. The van der Waals surface area contributed by atoms with E-state index < -0.39 is 16.7 Å². The minimum atomic E-state index is -6.17. The van der Waals surface area contributed by atoms with Crippen LogP contribution in [0.25, 0.3) is 0 Å². The van der Waals surface area contributed by atoms with Crippen LogP contribution in [0.1, 0.15) is 0 Å². The van der Waals surface area contributed by atoms with Gasteiger partial charge in [-0.05, 0) is 0 Å². The summed E-state index contributed by atoms with van der Waals surface area (Å²) in [4.78, 5) is 0. The SMILES string of the molecule is C[NH2+]C.C[NH2+]C.[O]=[W](=[O])([O-])[O-]. The zero-order valence-electron chi connectivity index (χ0n) is 7.20. The van der Waals surface area contributed by atoms with Crippen LogP contribution in [0.2, 0.25) is 0 Å². The summed E-state index contributed by atoms with van der Waals surface area (Å²) >= 11 is -6.17. The third-order valence-electron chi connectivity index (χ3n) is 0. The van der Waals surface area contributed by atoms with E-state index in [0.717, 1.165) is 0 Å². The first-order valence-corrected chi connectivity index (χ1v) is 7.77. The standard InChI is InChI=1S/2C2H7N.4O.W/c2*1-3-2;;;;;/h2*3H,1-2H3;;;;;/q;;;;2*-1;/p+2. The maximum atomic E-state index is 8.65. The van der Waals surface area contributed by atoms with Crippen molar-refractivity contribution in [3.05, 3.63) is 0 Å². The summed E-state index contributed by atoms with van der Waals surface area (Å²) in [6.07, 6.45) is 0. The molecule has 0 saturated carbocycles. The summed E-state index contributed by atoms with van der Waals surface area (Å²) in [5.41, 5.74) is 0. The van der Waals surface area contributed by atoms with Crippen molar-refractivity contribution in [2.75, 3.05) is 28.2 Å². The molecule has 11 heavy (non-hydrogen) atoms. The van der Waals surface area contributed by atoms with Gasteiger partial charge >= 0.3 is 31.1 Å². The molecule has 0 spiro atoms. The summed E-state index contributed by atoms with van der Waals surface area (Å²) in [5, 5.41) is 4.00. The topological polar surface area (TPSA) is 113 Å². The van der Waals surface area contributed by atoms with Crippen molar-refractivity contribution >= 4 is 0 Å². The maximum absolute atomic E-state index is 8.65. The minimum absolute atomic E-state index is 2.00. The molecule has 72 valence electrons. The Bertz CT molecular complexity index is 123. The second-order valence-electron chi connectivity index (χ2n) is 1.56. The van der Waals surface area contributed by atoms with E-state index in [0.29, 0.717) is 0 Å². The first-order valence-electron chi connectivity index (χ1n) is 2.98. The normalized spacial score (nSPS) is 8.55. The monoisotopic (exact) mass is 340 g/mol. The van der Waals surface area contributed by atoms with Gasteiger partial charge in [-0.25, -0.2) is 0 Å². The second kappa shape index (κ2) is 12.8. The molecule has 0 aliphatic heterocycles. The molecule has 0 aromatic heterocycles. The van der Waals surface area contributed by atoms with Gasteiger partial charge in [0.2, 0.25) is 0 Å². The van der Waals surface area contributed by atoms with Crippen molar-refractivity contribution in [1.29, 1.82) is 0 Å². The molecule has 4 N–H and O–H groups in total. The number of rotatable bonds is 0. The van der Waals surface area contributed by atoms with Gasteiger partial charge in [0.15, 0.2) is 0 Å². The fourth-order valence-corrected chi connectivity index (χ4v) is 0. The molecule has 0 saturated heterocycles. The fourth-order valence-electron chi connectivity index (χ4n) is 0. The Hall–Kier alpha value is 0.128. The van der Waals surface area contributed by atoms with Crippen molar-refractivity contribution in [1.82, 2.24) is 0 Å². The molecule has 0 fully saturated rings. The van der Waals surface area contributed by atoms with E-state index >= 15 is 0 Å². The second-order valence-corrected chi connectivity index (χ2v) is 4.50. The van der Waals surface area contributed by atoms with Crippen LogP contribution in [0.5, 0.6) is 0 Å². The molecule has 0 atom stereocenters. The van der Waals surface area contributed by atoms with Gasteiger partial charge in [-0.1, -0.05) is 0 Å². The van der Waals surface area contributed by atoms with Gasteiger partial charge in [0.25, 0.3) is 0 Å². The summed E-state index contributed by atoms with van der Waals surface area (Å²) in [6, 6.07) is 0. The Balaban J connectivity index is -0.0000000933. The van der Waals surface area contributed by atoms with E-state index in [1.165, 1.54) is 0 Å². The Kier molecular flexibility index (Phi) is 20.1. The van der Waals surface area contributed by atoms with Gasteiger partial charge in [-0.15, -0.1) is 0 Å². The molecule has 6 nitrogen and oxygen atoms in total. The van der Waals surface area contributed by atoms with Crippen LogP contribution in [-0.4, -0.2) is 28.2 Å². The average molecular weight is 340 g/mol. The zero-order chi connectivity index (χ0) is 9.91. The quantitative estimate of drug-likeness (QED) is 0.460. The molecule has 0 radical (unpaired) electrons. The van der Waals surface area contributed by atoms with Gasteiger partial charge < -0.3 is 10.6 Å². The molecule has 0 unspecified atom stereocenters. The molecule has 0 amide bonds.